The van der Waals surface area contributed by atoms with E-state index in [-0.39, 0.29) is 0 Å². The van der Waals surface area contributed by atoms with Gasteiger partial charge in [-0.2, -0.15) is 0 Å². The lowest BCUT2D eigenvalue weighted by Gasteiger charge is -2.05. The molecule has 5 heteroatoms. The van der Waals surface area contributed by atoms with Crippen molar-refractivity contribution in [3.05, 3.63) is 48.0 Å². The van der Waals surface area contributed by atoms with E-state index in [1.807, 2.05) is 18.2 Å². The van der Waals surface area contributed by atoms with Crippen LogP contribution in [-0.4, -0.2) is 19.9 Å². The maximum Gasteiger partial charge on any atom is 0.183 e. The van der Waals surface area contributed by atoms with Crippen molar-refractivity contribution in [3.63, 3.8) is 0 Å². The Morgan fingerprint density at radius 3 is 2.80 bits per heavy atom. The minimum atomic E-state index is 0.589. The van der Waals surface area contributed by atoms with Gasteiger partial charge in [-0.1, -0.05) is 30.3 Å². The highest BCUT2D eigenvalue weighted by Crippen LogP contribution is 2.39. The predicted octanol–water partition coefficient (Wildman–Crippen LogP) is 2.84. The molecule has 4 rings (SSSR count). The minimum Gasteiger partial charge on any atom is -0.364 e. The van der Waals surface area contributed by atoms with E-state index in [2.05, 4.69) is 37.4 Å². The summed E-state index contributed by atoms with van der Waals surface area (Å²) in [5.41, 5.74) is 2.88. The fourth-order valence-corrected chi connectivity index (χ4v) is 2.31. The highest BCUT2D eigenvalue weighted by atomic mass is 15.1. The van der Waals surface area contributed by atoms with Crippen LogP contribution in [0.3, 0.4) is 0 Å². The number of benzene rings is 1. The third kappa shape index (κ3) is 2.11. The number of fused-ring (bicyclic) bond motifs is 1. The molecule has 0 atom stereocenters. The number of nitrogens with one attached hydrogen (secondary N) is 2. The molecular formula is C15H15N5. The molecule has 100 valence electrons. The zero-order chi connectivity index (χ0) is 13.4. The van der Waals surface area contributed by atoms with Gasteiger partial charge in [0.1, 0.15) is 17.7 Å². The Bertz CT molecular complexity index is 730. The lowest BCUT2D eigenvalue weighted by Crippen LogP contribution is -2.02. The average molecular weight is 265 g/mol. The number of rotatable bonds is 4. The summed E-state index contributed by atoms with van der Waals surface area (Å²) < 4.78 is 0. The lowest BCUT2D eigenvalue weighted by molar-refractivity contribution is 0.983. The summed E-state index contributed by atoms with van der Waals surface area (Å²) in [6.45, 7) is 0.741. The van der Waals surface area contributed by atoms with Gasteiger partial charge in [-0.25, -0.2) is 15.0 Å². The van der Waals surface area contributed by atoms with Gasteiger partial charge in [0.05, 0.1) is 0 Å². The summed E-state index contributed by atoms with van der Waals surface area (Å²) in [5, 5.41) is 3.35. The van der Waals surface area contributed by atoms with Gasteiger partial charge >= 0.3 is 0 Å². The number of hydrogen-bond donors (Lipinski definition) is 2. The molecule has 1 aliphatic rings. The number of hydrogen-bond acceptors (Lipinski definition) is 4. The number of imidazole rings is 1. The maximum absolute atomic E-state index is 4.54. The standard InChI is InChI=1S/C15H15N5/c1-2-4-10(5-3-1)8-16-14-12-15(18-9-17-14)20-13(19-12)11-6-7-11/h1-5,9,11H,6-8H2,(H2,16,17,18,19,20). The van der Waals surface area contributed by atoms with E-state index in [1.54, 1.807) is 6.33 Å². The quantitative estimate of drug-likeness (QED) is 0.761. The third-order valence-electron chi connectivity index (χ3n) is 3.57. The summed E-state index contributed by atoms with van der Waals surface area (Å²) in [6, 6.07) is 10.3. The molecule has 2 N–H and O–H groups in total. The Morgan fingerprint density at radius 2 is 2.00 bits per heavy atom. The average Bonchev–Trinajstić information content (AvgIpc) is 3.25. The molecule has 5 nitrogen and oxygen atoms in total. The number of aromatic nitrogens is 4. The van der Waals surface area contributed by atoms with Gasteiger partial charge in [-0.3, -0.25) is 0 Å². The van der Waals surface area contributed by atoms with Crippen molar-refractivity contribution in [2.75, 3.05) is 5.32 Å². The molecule has 0 bridgehead atoms. The summed E-state index contributed by atoms with van der Waals surface area (Å²) >= 11 is 0. The molecule has 0 spiro atoms. The normalized spacial score (nSPS) is 14.6. The van der Waals surface area contributed by atoms with Crippen molar-refractivity contribution in [2.24, 2.45) is 0 Å². The van der Waals surface area contributed by atoms with Gasteiger partial charge in [0.2, 0.25) is 0 Å². The summed E-state index contributed by atoms with van der Waals surface area (Å²) in [6.07, 6.45) is 4.01. The van der Waals surface area contributed by atoms with Crippen LogP contribution in [-0.2, 0) is 6.54 Å². The van der Waals surface area contributed by atoms with Crippen molar-refractivity contribution >= 4 is 17.0 Å². The van der Waals surface area contributed by atoms with Crippen LogP contribution < -0.4 is 5.32 Å². The molecular weight excluding hydrogens is 250 g/mol. The first kappa shape index (κ1) is 11.4. The molecule has 2 aromatic heterocycles. The molecule has 2 heterocycles. The van der Waals surface area contributed by atoms with Crippen LogP contribution >= 0.6 is 0 Å². The Morgan fingerprint density at radius 1 is 1.15 bits per heavy atom. The van der Waals surface area contributed by atoms with E-state index in [0.29, 0.717) is 5.92 Å². The molecule has 1 aromatic carbocycles. The molecule has 1 aliphatic carbocycles. The highest BCUT2D eigenvalue weighted by molar-refractivity contribution is 5.82. The fraction of sp³-hybridized carbons (Fsp3) is 0.267. The van der Waals surface area contributed by atoms with Crippen molar-refractivity contribution in [1.82, 2.24) is 19.9 Å². The minimum absolute atomic E-state index is 0.589. The molecule has 1 saturated carbocycles. The van der Waals surface area contributed by atoms with Gasteiger partial charge in [0, 0.05) is 12.5 Å². The molecule has 1 fully saturated rings. The SMILES string of the molecule is c1ccc(CNc2ncnc3nc(C4CC4)[nH]c23)cc1. The molecule has 0 amide bonds. The van der Waals surface area contributed by atoms with Crippen LogP contribution in [0.2, 0.25) is 0 Å². The van der Waals surface area contributed by atoms with E-state index in [0.717, 1.165) is 29.4 Å². The predicted molar refractivity (Wildman–Crippen MR) is 77.4 cm³/mol. The van der Waals surface area contributed by atoms with Crippen LogP contribution in [0.4, 0.5) is 5.82 Å². The summed E-state index contributed by atoms with van der Waals surface area (Å²) in [5.74, 6) is 2.45. The molecule has 3 aromatic rings. The zero-order valence-electron chi connectivity index (χ0n) is 11.0. The molecule has 20 heavy (non-hydrogen) atoms. The summed E-state index contributed by atoms with van der Waals surface area (Å²) in [7, 11) is 0. The second-order valence-electron chi connectivity index (χ2n) is 5.16. The van der Waals surface area contributed by atoms with Crippen molar-refractivity contribution in [1.29, 1.82) is 0 Å². The van der Waals surface area contributed by atoms with Gasteiger partial charge in [-0.05, 0) is 18.4 Å². The van der Waals surface area contributed by atoms with E-state index in [4.69, 9.17) is 0 Å². The highest BCUT2D eigenvalue weighted by Gasteiger charge is 2.27. The monoisotopic (exact) mass is 265 g/mol. The Labute approximate surface area is 116 Å². The van der Waals surface area contributed by atoms with Gasteiger partial charge in [-0.15, -0.1) is 0 Å². The number of nitrogens with zero attached hydrogens (tertiary/aromatic N) is 3. The Kier molecular flexibility index (Phi) is 2.62. The zero-order valence-corrected chi connectivity index (χ0v) is 11.0. The van der Waals surface area contributed by atoms with Gasteiger partial charge in [0.15, 0.2) is 11.5 Å². The second-order valence-corrected chi connectivity index (χ2v) is 5.16. The van der Waals surface area contributed by atoms with E-state index >= 15 is 0 Å². The first-order chi connectivity index (χ1) is 9.90. The lowest BCUT2D eigenvalue weighted by atomic mass is 10.2. The Hall–Kier alpha value is -2.43. The van der Waals surface area contributed by atoms with E-state index in [9.17, 15) is 0 Å². The first-order valence-corrected chi connectivity index (χ1v) is 6.88. The number of H-pyrrole nitrogens is 1. The fourth-order valence-electron chi connectivity index (χ4n) is 2.31. The van der Waals surface area contributed by atoms with Crippen LogP contribution in [0.15, 0.2) is 36.7 Å². The second kappa shape index (κ2) is 4.59. The van der Waals surface area contributed by atoms with Gasteiger partial charge in [0.25, 0.3) is 0 Å². The van der Waals surface area contributed by atoms with Crippen molar-refractivity contribution in [3.8, 4) is 0 Å². The third-order valence-corrected chi connectivity index (χ3v) is 3.57. The largest absolute Gasteiger partial charge is 0.364 e. The van der Waals surface area contributed by atoms with E-state index < -0.39 is 0 Å². The van der Waals surface area contributed by atoms with Crippen LogP contribution in [0.5, 0.6) is 0 Å². The van der Waals surface area contributed by atoms with Crippen LogP contribution in [0.25, 0.3) is 11.2 Å². The van der Waals surface area contributed by atoms with Crippen molar-refractivity contribution in [2.45, 2.75) is 25.3 Å². The molecule has 0 saturated heterocycles. The van der Waals surface area contributed by atoms with Crippen LogP contribution in [0, 0.1) is 0 Å². The number of anilines is 1. The van der Waals surface area contributed by atoms with Crippen molar-refractivity contribution < 1.29 is 0 Å². The number of aromatic amines is 1. The molecule has 0 aliphatic heterocycles. The molecule has 0 unspecified atom stereocenters. The van der Waals surface area contributed by atoms with E-state index in [1.165, 1.54) is 18.4 Å². The molecule has 0 radical (unpaired) electrons. The summed E-state index contributed by atoms with van der Waals surface area (Å²) in [4.78, 5) is 16.5. The Balaban J connectivity index is 1.62. The topological polar surface area (TPSA) is 66.5 Å². The maximum atomic E-state index is 4.54. The van der Waals surface area contributed by atoms with Crippen LogP contribution in [0.1, 0.15) is 30.1 Å². The smallest absolute Gasteiger partial charge is 0.183 e. The van der Waals surface area contributed by atoms with Gasteiger partial charge < -0.3 is 10.3 Å². The first-order valence-electron chi connectivity index (χ1n) is 6.88.